The lowest BCUT2D eigenvalue weighted by Gasteiger charge is -2.19. The van der Waals surface area contributed by atoms with Gasteiger partial charge in [0.2, 0.25) is 0 Å². The van der Waals surface area contributed by atoms with Crippen LogP contribution < -0.4 is 5.32 Å². The number of esters is 1. The van der Waals surface area contributed by atoms with Crippen LogP contribution in [0.4, 0.5) is 4.79 Å². The number of nitrogens with one attached hydrogen (secondary N) is 1. The second-order valence-corrected chi connectivity index (χ2v) is 14.2. The van der Waals surface area contributed by atoms with Gasteiger partial charge >= 0.3 is 12.1 Å². The first kappa shape index (κ1) is 23.2. The Morgan fingerprint density at radius 2 is 1.85 bits per heavy atom. The Morgan fingerprint density at radius 1 is 1.22 bits per heavy atom. The van der Waals surface area contributed by atoms with Crippen LogP contribution in [0.15, 0.2) is 0 Å². The summed E-state index contributed by atoms with van der Waals surface area (Å²) in [4.78, 5) is 24.0. The maximum Gasteiger partial charge on any atom is 0.407 e. The molecule has 0 fully saturated rings. The summed E-state index contributed by atoms with van der Waals surface area (Å²) in [6, 6.07) is 1.05. The lowest BCUT2D eigenvalue weighted by Crippen LogP contribution is -2.32. The van der Waals surface area contributed by atoms with E-state index < -0.39 is 25.7 Å². The number of rotatable bonds is 8. The van der Waals surface area contributed by atoms with Gasteiger partial charge in [-0.05, 0) is 33.7 Å². The molecule has 0 radical (unpaired) electrons. The van der Waals surface area contributed by atoms with E-state index >= 15 is 0 Å². The monoisotopic (exact) mass is 399 g/mol. The third-order valence-corrected chi connectivity index (χ3v) is 5.43. The van der Waals surface area contributed by atoms with E-state index in [2.05, 4.69) is 30.1 Å². The molecule has 9 heteroatoms. The number of amides is 1. The Morgan fingerprint density at radius 3 is 2.37 bits per heavy atom. The van der Waals surface area contributed by atoms with Gasteiger partial charge in [0.1, 0.15) is 12.3 Å². The Labute approximate surface area is 162 Å². The minimum Gasteiger partial charge on any atom is -0.464 e. The molecule has 0 bridgehead atoms. The highest BCUT2D eigenvalue weighted by atomic mass is 28.3. The number of carbonyl (C=O) groups is 2. The molecule has 0 atom stereocenters. The average molecular weight is 400 g/mol. The lowest BCUT2D eigenvalue weighted by molar-refractivity contribution is 0.0517. The van der Waals surface area contributed by atoms with E-state index in [9.17, 15) is 9.59 Å². The second-order valence-electron chi connectivity index (χ2n) is 8.61. The molecule has 8 nitrogen and oxygen atoms in total. The zero-order valence-electron chi connectivity index (χ0n) is 17.8. The second kappa shape index (κ2) is 9.36. The SMILES string of the molecule is COC(=O)c1nn(COCC[Si](C)(C)C)c(C)c1CNC(=O)OC(C)(C)C. The maximum atomic E-state index is 12.1. The Kier molecular flexibility index (Phi) is 8.03. The summed E-state index contributed by atoms with van der Waals surface area (Å²) in [6.07, 6.45) is -0.558. The van der Waals surface area contributed by atoms with Gasteiger partial charge in [0.05, 0.1) is 13.7 Å². The molecule has 1 aromatic heterocycles. The van der Waals surface area contributed by atoms with Crippen molar-refractivity contribution in [3.63, 3.8) is 0 Å². The van der Waals surface area contributed by atoms with E-state index in [4.69, 9.17) is 14.2 Å². The average Bonchev–Trinajstić information content (AvgIpc) is 2.82. The van der Waals surface area contributed by atoms with Crippen LogP contribution in [-0.4, -0.2) is 49.2 Å². The van der Waals surface area contributed by atoms with Crippen molar-refractivity contribution in [2.45, 2.75) is 72.3 Å². The highest BCUT2D eigenvalue weighted by Gasteiger charge is 2.23. The van der Waals surface area contributed by atoms with E-state index in [1.807, 2.05) is 6.92 Å². The fourth-order valence-corrected chi connectivity index (χ4v) is 2.94. The van der Waals surface area contributed by atoms with Crippen LogP contribution in [0, 0.1) is 6.92 Å². The van der Waals surface area contributed by atoms with Crippen molar-refractivity contribution in [2.75, 3.05) is 13.7 Å². The number of ether oxygens (including phenoxy) is 3. The summed E-state index contributed by atoms with van der Waals surface area (Å²) in [6.45, 7) is 15.0. The molecule has 0 aliphatic carbocycles. The fourth-order valence-electron chi connectivity index (χ4n) is 2.19. The number of hydrogen-bond acceptors (Lipinski definition) is 6. The van der Waals surface area contributed by atoms with Crippen LogP contribution in [-0.2, 0) is 27.5 Å². The number of hydrogen-bond donors (Lipinski definition) is 1. The molecule has 1 amide bonds. The first-order valence-electron chi connectivity index (χ1n) is 9.03. The molecule has 27 heavy (non-hydrogen) atoms. The van der Waals surface area contributed by atoms with Crippen LogP contribution in [0.5, 0.6) is 0 Å². The summed E-state index contributed by atoms with van der Waals surface area (Å²) in [5, 5.41) is 6.96. The van der Waals surface area contributed by atoms with Crippen LogP contribution in [0.25, 0.3) is 0 Å². The molecular formula is C18H33N3O5Si. The van der Waals surface area contributed by atoms with E-state index in [0.29, 0.717) is 12.2 Å². The molecule has 1 N–H and O–H groups in total. The summed E-state index contributed by atoms with van der Waals surface area (Å²) in [5.41, 5.74) is 0.888. The van der Waals surface area contributed by atoms with Crippen molar-refractivity contribution in [2.24, 2.45) is 0 Å². The van der Waals surface area contributed by atoms with Gasteiger partial charge in [-0.25, -0.2) is 14.3 Å². The Balaban J connectivity index is 2.84. The quantitative estimate of drug-likeness (QED) is 0.410. The molecule has 1 aromatic rings. The number of aromatic nitrogens is 2. The largest absolute Gasteiger partial charge is 0.464 e. The molecular weight excluding hydrogens is 366 g/mol. The topological polar surface area (TPSA) is 91.7 Å². The third-order valence-electron chi connectivity index (χ3n) is 3.73. The van der Waals surface area contributed by atoms with Crippen LogP contribution in [0.1, 0.15) is 42.5 Å². The van der Waals surface area contributed by atoms with E-state index in [-0.39, 0.29) is 19.0 Å². The molecule has 0 aromatic carbocycles. The van der Waals surface area contributed by atoms with Gasteiger partial charge in [0.15, 0.2) is 5.69 Å². The zero-order valence-corrected chi connectivity index (χ0v) is 18.8. The van der Waals surface area contributed by atoms with Gasteiger partial charge in [-0.1, -0.05) is 19.6 Å². The molecule has 0 saturated carbocycles. The van der Waals surface area contributed by atoms with Gasteiger partial charge in [-0.15, -0.1) is 0 Å². The highest BCUT2D eigenvalue weighted by molar-refractivity contribution is 6.76. The molecule has 154 valence electrons. The smallest absolute Gasteiger partial charge is 0.407 e. The standard InChI is InChI=1S/C18H33N3O5Si/c1-13-14(11-19-17(23)26-18(2,3)4)15(16(22)24-5)20-21(13)12-25-9-10-27(6,7)8/h9-12H2,1-8H3,(H,19,23). The normalized spacial score (nSPS) is 12.0. The molecule has 1 rings (SSSR count). The predicted octanol–water partition coefficient (Wildman–Crippen LogP) is 3.32. The van der Waals surface area contributed by atoms with Gasteiger partial charge in [0.25, 0.3) is 0 Å². The maximum absolute atomic E-state index is 12.1. The first-order chi connectivity index (χ1) is 12.3. The van der Waals surface area contributed by atoms with Crippen molar-refractivity contribution in [1.29, 1.82) is 0 Å². The Bertz CT molecular complexity index is 659. The molecule has 0 unspecified atom stereocenters. The van der Waals surface area contributed by atoms with Gasteiger partial charge in [0, 0.05) is 25.9 Å². The molecule has 1 heterocycles. The van der Waals surface area contributed by atoms with Gasteiger partial charge in [-0.3, -0.25) is 0 Å². The Hall–Kier alpha value is -1.87. The van der Waals surface area contributed by atoms with E-state index in [1.54, 1.807) is 25.5 Å². The van der Waals surface area contributed by atoms with Crippen molar-refractivity contribution in [3.05, 3.63) is 17.0 Å². The van der Waals surface area contributed by atoms with E-state index in [0.717, 1.165) is 11.7 Å². The van der Waals surface area contributed by atoms with E-state index in [1.165, 1.54) is 7.11 Å². The van der Waals surface area contributed by atoms with Crippen LogP contribution in [0.2, 0.25) is 25.7 Å². The summed E-state index contributed by atoms with van der Waals surface area (Å²) >= 11 is 0. The molecule has 0 aliphatic heterocycles. The minimum atomic E-state index is -1.17. The van der Waals surface area contributed by atoms with Crippen LogP contribution in [0.3, 0.4) is 0 Å². The van der Waals surface area contributed by atoms with Crippen molar-refractivity contribution in [1.82, 2.24) is 15.1 Å². The number of nitrogens with zero attached hydrogens (tertiary/aromatic N) is 2. The lowest BCUT2D eigenvalue weighted by atomic mass is 10.2. The van der Waals surface area contributed by atoms with Crippen molar-refractivity contribution < 1.29 is 23.8 Å². The fraction of sp³-hybridized carbons (Fsp3) is 0.722. The predicted molar refractivity (Wildman–Crippen MR) is 105 cm³/mol. The molecule has 0 spiro atoms. The van der Waals surface area contributed by atoms with Crippen molar-refractivity contribution >= 4 is 20.1 Å². The van der Waals surface area contributed by atoms with Crippen molar-refractivity contribution in [3.8, 4) is 0 Å². The number of carbonyl (C=O) groups excluding carboxylic acids is 2. The summed E-state index contributed by atoms with van der Waals surface area (Å²) in [5.74, 6) is -0.556. The number of methoxy groups -OCH3 is 1. The van der Waals surface area contributed by atoms with Crippen LogP contribution >= 0.6 is 0 Å². The summed E-state index contributed by atoms with van der Waals surface area (Å²) in [7, 11) is 0.124. The molecule has 0 aliphatic rings. The summed E-state index contributed by atoms with van der Waals surface area (Å²) < 4.78 is 17.4. The highest BCUT2D eigenvalue weighted by Crippen LogP contribution is 2.16. The van der Waals surface area contributed by atoms with Gasteiger partial charge in [-0.2, -0.15) is 5.10 Å². The zero-order chi connectivity index (χ0) is 20.8. The number of alkyl carbamates (subject to hydrolysis) is 1. The first-order valence-corrected chi connectivity index (χ1v) is 12.7. The minimum absolute atomic E-state index is 0.111. The molecule has 0 saturated heterocycles. The third kappa shape index (κ3) is 8.13. The van der Waals surface area contributed by atoms with Gasteiger partial charge < -0.3 is 19.5 Å².